The SMILES string of the molecule is CCNc1ccc([N+](=O)[O-])c(N(C)CCO)n1. The number of aromatic nitrogens is 1. The van der Waals surface area contributed by atoms with Crippen LogP contribution >= 0.6 is 0 Å². The Morgan fingerprint density at radius 2 is 2.29 bits per heavy atom. The highest BCUT2D eigenvalue weighted by Crippen LogP contribution is 2.26. The monoisotopic (exact) mass is 240 g/mol. The average Bonchev–Trinajstić information content (AvgIpc) is 2.29. The van der Waals surface area contributed by atoms with Crippen molar-refractivity contribution in [2.75, 3.05) is 37.0 Å². The Hall–Kier alpha value is -1.89. The minimum atomic E-state index is -0.480. The zero-order chi connectivity index (χ0) is 12.8. The number of nitrogens with one attached hydrogen (secondary N) is 1. The second-order valence-electron chi connectivity index (χ2n) is 3.47. The molecule has 0 saturated heterocycles. The number of aliphatic hydroxyl groups excluding tert-OH is 1. The van der Waals surface area contributed by atoms with Crippen molar-refractivity contribution in [1.82, 2.24) is 4.98 Å². The highest BCUT2D eigenvalue weighted by molar-refractivity contribution is 5.61. The van der Waals surface area contributed by atoms with Gasteiger partial charge in [0.15, 0.2) is 0 Å². The minimum Gasteiger partial charge on any atom is -0.395 e. The van der Waals surface area contributed by atoms with Crippen molar-refractivity contribution in [2.45, 2.75) is 6.92 Å². The third-order valence-electron chi connectivity index (χ3n) is 2.21. The number of anilines is 2. The number of hydrogen-bond donors (Lipinski definition) is 2. The Balaban J connectivity index is 3.10. The van der Waals surface area contributed by atoms with E-state index in [0.717, 1.165) is 0 Å². The molecule has 0 aliphatic heterocycles. The van der Waals surface area contributed by atoms with Crippen LogP contribution in [0.5, 0.6) is 0 Å². The van der Waals surface area contributed by atoms with Crippen LogP contribution in [0.15, 0.2) is 12.1 Å². The van der Waals surface area contributed by atoms with Gasteiger partial charge in [0.1, 0.15) is 5.82 Å². The third kappa shape index (κ3) is 3.28. The Kier molecular flexibility index (Phi) is 4.65. The molecule has 0 aliphatic carbocycles. The molecule has 2 N–H and O–H groups in total. The van der Waals surface area contributed by atoms with Gasteiger partial charge in [-0.3, -0.25) is 10.1 Å². The lowest BCUT2D eigenvalue weighted by Crippen LogP contribution is -2.23. The number of aliphatic hydroxyl groups is 1. The first-order valence-electron chi connectivity index (χ1n) is 5.31. The molecule has 0 saturated carbocycles. The highest BCUT2D eigenvalue weighted by atomic mass is 16.6. The van der Waals surface area contributed by atoms with Crippen LogP contribution in [-0.4, -0.2) is 41.8 Å². The van der Waals surface area contributed by atoms with E-state index in [1.165, 1.54) is 6.07 Å². The molecule has 0 fully saturated rings. The fourth-order valence-corrected chi connectivity index (χ4v) is 1.40. The van der Waals surface area contributed by atoms with Crippen molar-refractivity contribution in [2.24, 2.45) is 0 Å². The summed E-state index contributed by atoms with van der Waals surface area (Å²) < 4.78 is 0. The van der Waals surface area contributed by atoms with Gasteiger partial charge in [0.25, 0.3) is 0 Å². The molecule has 0 unspecified atom stereocenters. The van der Waals surface area contributed by atoms with Crippen LogP contribution in [0.2, 0.25) is 0 Å². The van der Waals surface area contributed by atoms with Crippen LogP contribution < -0.4 is 10.2 Å². The van der Waals surface area contributed by atoms with E-state index in [1.807, 2.05) is 6.92 Å². The zero-order valence-electron chi connectivity index (χ0n) is 9.88. The Bertz CT molecular complexity index is 397. The van der Waals surface area contributed by atoms with Crippen molar-refractivity contribution in [3.8, 4) is 0 Å². The molecule has 7 nitrogen and oxygen atoms in total. The van der Waals surface area contributed by atoms with E-state index < -0.39 is 4.92 Å². The van der Waals surface area contributed by atoms with Crippen molar-refractivity contribution in [3.63, 3.8) is 0 Å². The molecule has 7 heteroatoms. The summed E-state index contributed by atoms with van der Waals surface area (Å²) in [4.78, 5) is 16.1. The molecular formula is C10H16N4O3. The topological polar surface area (TPSA) is 91.5 Å². The molecule has 0 radical (unpaired) electrons. The summed E-state index contributed by atoms with van der Waals surface area (Å²) in [5.74, 6) is 0.834. The first-order valence-corrected chi connectivity index (χ1v) is 5.31. The van der Waals surface area contributed by atoms with E-state index in [0.29, 0.717) is 18.9 Å². The van der Waals surface area contributed by atoms with E-state index >= 15 is 0 Å². The Labute approximate surface area is 99.2 Å². The normalized spacial score (nSPS) is 10.1. The second-order valence-corrected chi connectivity index (χ2v) is 3.47. The number of hydrogen-bond acceptors (Lipinski definition) is 6. The van der Waals surface area contributed by atoms with E-state index in [9.17, 15) is 10.1 Å². The number of likely N-dealkylation sites (N-methyl/N-ethyl adjacent to an activating group) is 1. The summed E-state index contributed by atoms with van der Waals surface area (Å²) in [5.41, 5.74) is -0.0670. The van der Waals surface area contributed by atoms with Crippen LogP contribution in [0.4, 0.5) is 17.3 Å². The summed E-state index contributed by atoms with van der Waals surface area (Å²) in [5, 5.41) is 22.7. The maximum Gasteiger partial charge on any atom is 0.311 e. The lowest BCUT2D eigenvalue weighted by molar-refractivity contribution is -0.384. The molecule has 0 atom stereocenters. The van der Waals surface area contributed by atoms with Gasteiger partial charge in [-0.25, -0.2) is 4.98 Å². The lowest BCUT2D eigenvalue weighted by atomic mass is 10.3. The van der Waals surface area contributed by atoms with Gasteiger partial charge < -0.3 is 15.3 Å². The van der Waals surface area contributed by atoms with Crippen LogP contribution in [0.1, 0.15) is 6.92 Å². The molecule has 0 aliphatic rings. The number of rotatable bonds is 6. The second kappa shape index (κ2) is 6.00. The van der Waals surface area contributed by atoms with E-state index in [4.69, 9.17) is 5.11 Å². The molecule has 1 rings (SSSR count). The predicted molar refractivity (Wildman–Crippen MR) is 65.4 cm³/mol. The van der Waals surface area contributed by atoms with Gasteiger partial charge in [0.2, 0.25) is 5.82 Å². The Morgan fingerprint density at radius 3 is 2.82 bits per heavy atom. The quantitative estimate of drug-likeness (QED) is 0.565. The molecule has 0 aromatic carbocycles. The van der Waals surface area contributed by atoms with Crippen molar-refractivity contribution < 1.29 is 10.0 Å². The number of nitrogens with zero attached hydrogens (tertiary/aromatic N) is 3. The maximum atomic E-state index is 10.9. The highest BCUT2D eigenvalue weighted by Gasteiger charge is 2.19. The van der Waals surface area contributed by atoms with Crippen molar-refractivity contribution >= 4 is 17.3 Å². The van der Waals surface area contributed by atoms with Crippen molar-refractivity contribution in [3.05, 3.63) is 22.2 Å². The molecular weight excluding hydrogens is 224 g/mol. The summed E-state index contributed by atoms with van der Waals surface area (Å²) in [6.45, 7) is 2.82. The molecule has 1 aromatic heterocycles. The van der Waals surface area contributed by atoms with E-state index in [2.05, 4.69) is 10.3 Å². The van der Waals surface area contributed by atoms with Gasteiger partial charge in [-0.05, 0) is 13.0 Å². The third-order valence-corrected chi connectivity index (χ3v) is 2.21. The van der Waals surface area contributed by atoms with E-state index in [1.54, 1.807) is 18.0 Å². The first kappa shape index (κ1) is 13.2. The van der Waals surface area contributed by atoms with Gasteiger partial charge in [-0.2, -0.15) is 0 Å². The fraction of sp³-hybridized carbons (Fsp3) is 0.500. The smallest absolute Gasteiger partial charge is 0.311 e. The van der Waals surface area contributed by atoms with Crippen LogP contribution in [-0.2, 0) is 0 Å². The molecule has 0 bridgehead atoms. The largest absolute Gasteiger partial charge is 0.395 e. The molecule has 0 amide bonds. The summed E-state index contributed by atoms with van der Waals surface area (Å²) in [6.07, 6.45) is 0. The number of nitro groups is 1. The van der Waals surface area contributed by atoms with Gasteiger partial charge in [-0.1, -0.05) is 0 Å². The Morgan fingerprint density at radius 1 is 1.59 bits per heavy atom. The molecule has 1 aromatic rings. The first-order chi connectivity index (χ1) is 8.10. The molecule has 94 valence electrons. The zero-order valence-corrected chi connectivity index (χ0v) is 9.88. The standard InChI is InChI=1S/C10H16N4O3/c1-3-11-9-5-4-8(14(16)17)10(12-9)13(2)6-7-15/h4-5,15H,3,6-7H2,1-2H3,(H,11,12). The van der Waals surface area contributed by atoms with Crippen LogP contribution in [0.3, 0.4) is 0 Å². The molecule has 1 heterocycles. The predicted octanol–water partition coefficient (Wildman–Crippen LogP) is 0.850. The minimum absolute atomic E-state index is 0.0670. The van der Waals surface area contributed by atoms with Gasteiger partial charge >= 0.3 is 5.69 Å². The average molecular weight is 240 g/mol. The van der Waals surface area contributed by atoms with Gasteiger partial charge in [-0.15, -0.1) is 0 Å². The van der Waals surface area contributed by atoms with E-state index in [-0.39, 0.29) is 18.1 Å². The summed E-state index contributed by atoms with van der Waals surface area (Å²) in [7, 11) is 1.65. The maximum absolute atomic E-state index is 10.9. The van der Waals surface area contributed by atoms with Gasteiger partial charge in [0, 0.05) is 26.2 Å². The molecule has 0 spiro atoms. The lowest BCUT2D eigenvalue weighted by Gasteiger charge is -2.17. The summed E-state index contributed by atoms with van der Waals surface area (Å²) >= 11 is 0. The molecule has 17 heavy (non-hydrogen) atoms. The van der Waals surface area contributed by atoms with Crippen LogP contribution in [0, 0.1) is 10.1 Å². The van der Waals surface area contributed by atoms with Crippen molar-refractivity contribution in [1.29, 1.82) is 0 Å². The fourth-order valence-electron chi connectivity index (χ4n) is 1.40. The summed E-state index contributed by atoms with van der Waals surface area (Å²) in [6, 6.07) is 2.98. The van der Waals surface area contributed by atoms with Crippen LogP contribution in [0.25, 0.3) is 0 Å². The number of pyridine rings is 1. The van der Waals surface area contributed by atoms with Gasteiger partial charge in [0.05, 0.1) is 11.5 Å².